The molecule has 1 aromatic rings. The van der Waals surface area contributed by atoms with Crippen LogP contribution >= 0.6 is 11.3 Å². The number of carbonyl (C=O) groups is 2. The van der Waals surface area contributed by atoms with Crippen molar-refractivity contribution < 1.29 is 14.7 Å². The minimum absolute atomic E-state index is 0.425. The van der Waals surface area contributed by atoms with Gasteiger partial charge in [-0.05, 0) is 13.3 Å². The highest BCUT2D eigenvalue weighted by Gasteiger charge is 2.18. The van der Waals surface area contributed by atoms with Crippen LogP contribution in [-0.2, 0) is 11.2 Å². The predicted octanol–water partition coefficient (Wildman–Crippen LogP) is 1.55. The summed E-state index contributed by atoms with van der Waals surface area (Å²) in [6, 6.07) is -1.28. The van der Waals surface area contributed by atoms with E-state index in [4.69, 9.17) is 5.11 Å². The molecule has 106 valence electrons. The first-order valence-corrected chi connectivity index (χ1v) is 7.09. The Kier molecular flexibility index (Phi) is 6.27. The summed E-state index contributed by atoms with van der Waals surface area (Å²) in [6.45, 7) is 4.24. The van der Waals surface area contributed by atoms with E-state index in [1.165, 1.54) is 0 Å². The maximum atomic E-state index is 11.5. The lowest BCUT2D eigenvalue weighted by Gasteiger charge is -2.13. The lowest BCUT2D eigenvalue weighted by Crippen LogP contribution is -2.46. The van der Waals surface area contributed by atoms with Crippen molar-refractivity contribution in [2.24, 2.45) is 0 Å². The van der Waals surface area contributed by atoms with Crippen LogP contribution in [0.25, 0.3) is 0 Å². The molecule has 1 rings (SSSR count). The number of amides is 2. The lowest BCUT2D eigenvalue weighted by atomic mass is 10.2. The third-order valence-electron chi connectivity index (χ3n) is 2.51. The Morgan fingerprint density at radius 3 is 2.79 bits per heavy atom. The van der Waals surface area contributed by atoms with Crippen molar-refractivity contribution in [1.29, 1.82) is 0 Å². The minimum atomic E-state index is -1.01. The number of carbonyl (C=O) groups excluding carboxylic acids is 1. The van der Waals surface area contributed by atoms with Gasteiger partial charge in [-0.25, -0.2) is 14.6 Å². The molecule has 6 nitrogen and oxygen atoms in total. The van der Waals surface area contributed by atoms with E-state index in [-0.39, 0.29) is 0 Å². The Morgan fingerprint density at radius 2 is 2.26 bits per heavy atom. The van der Waals surface area contributed by atoms with Gasteiger partial charge in [0.15, 0.2) is 0 Å². The number of hydrogen-bond acceptors (Lipinski definition) is 4. The first-order chi connectivity index (χ1) is 9.02. The second-order valence-corrected chi connectivity index (χ2v) is 5.25. The van der Waals surface area contributed by atoms with E-state index in [0.717, 1.165) is 10.7 Å². The zero-order chi connectivity index (χ0) is 14.3. The van der Waals surface area contributed by atoms with Crippen molar-refractivity contribution in [3.05, 3.63) is 16.1 Å². The molecule has 0 saturated carbocycles. The smallest absolute Gasteiger partial charge is 0.326 e. The number of carboxylic acid groups (broad SMARTS) is 1. The molecule has 2 amide bonds. The summed E-state index contributed by atoms with van der Waals surface area (Å²) in [5.41, 5.74) is 0.936. The second-order valence-electron chi connectivity index (χ2n) is 4.19. The average Bonchev–Trinajstić information content (AvgIpc) is 2.74. The molecule has 0 aliphatic rings. The van der Waals surface area contributed by atoms with Crippen LogP contribution in [0.3, 0.4) is 0 Å². The number of aliphatic carboxylic acids is 1. The van der Waals surface area contributed by atoms with Gasteiger partial charge in [-0.3, -0.25) is 0 Å². The van der Waals surface area contributed by atoms with Gasteiger partial charge in [-0.1, -0.05) is 13.3 Å². The maximum Gasteiger partial charge on any atom is 0.326 e. The fourth-order valence-corrected chi connectivity index (χ4v) is 2.23. The van der Waals surface area contributed by atoms with Crippen molar-refractivity contribution in [2.45, 2.75) is 39.2 Å². The molecule has 1 heterocycles. The molecular formula is C12H19N3O3S. The number of urea groups is 1. The normalized spacial score (nSPS) is 11.9. The van der Waals surface area contributed by atoms with Gasteiger partial charge < -0.3 is 15.7 Å². The monoisotopic (exact) mass is 285 g/mol. The molecule has 1 aromatic heterocycles. The van der Waals surface area contributed by atoms with E-state index in [2.05, 4.69) is 15.6 Å². The Labute approximate surface area is 116 Å². The van der Waals surface area contributed by atoms with Crippen LogP contribution in [0, 0.1) is 6.92 Å². The summed E-state index contributed by atoms with van der Waals surface area (Å²) in [6.07, 6.45) is 1.77. The Hall–Kier alpha value is -1.63. The Morgan fingerprint density at radius 1 is 1.53 bits per heavy atom. The molecule has 1 unspecified atom stereocenters. The van der Waals surface area contributed by atoms with Gasteiger partial charge in [-0.15, -0.1) is 11.3 Å². The van der Waals surface area contributed by atoms with Gasteiger partial charge in [0.25, 0.3) is 0 Å². The summed E-state index contributed by atoms with van der Waals surface area (Å²) in [4.78, 5) is 26.7. The molecule has 19 heavy (non-hydrogen) atoms. The van der Waals surface area contributed by atoms with Crippen LogP contribution in [0.4, 0.5) is 4.79 Å². The molecule has 1 atom stereocenters. The largest absolute Gasteiger partial charge is 0.480 e. The number of nitrogens with zero attached hydrogens (tertiary/aromatic N) is 1. The van der Waals surface area contributed by atoms with Crippen molar-refractivity contribution in [1.82, 2.24) is 15.6 Å². The molecule has 7 heteroatoms. The summed E-state index contributed by atoms with van der Waals surface area (Å²) in [5.74, 6) is -1.01. The fourth-order valence-electron chi connectivity index (χ4n) is 1.58. The van der Waals surface area contributed by atoms with Crippen LogP contribution < -0.4 is 10.6 Å². The third kappa shape index (κ3) is 5.69. The van der Waals surface area contributed by atoms with Gasteiger partial charge in [0, 0.05) is 18.3 Å². The number of thiazole rings is 1. The SMILES string of the molecule is CCCC(NC(=O)NCCc1csc(C)n1)C(=O)O. The summed E-state index contributed by atoms with van der Waals surface area (Å²) in [5, 5.41) is 16.9. The first kappa shape index (κ1) is 15.4. The highest BCUT2D eigenvalue weighted by Crippen LogP contribution is 2.07. The number of nitrogens with one attached hydrogen (secondary N) is 2. The van der Waals surface area contributed by atoms with Crippen molar-refractivity contribution in [3.8, 4) is 0 Å². The first-order valence-electron chi connectivity index (χ1n) is 6.21. The molecule has 0 aliphatic carbocycles. The summed E-state index contributed by atoms with van der Waals surface area (Å²) in [7, 11) is 0. The van der Waals surface area contributed by atoms with Gasteiger partial charge in [-0.2, -0.15) is 0 Å². The van der Waals surface area contributed by atoms with Crippen molar-refractivity contribution in [3.63, 3.8) is 0 Å². The van der Waals surface area contributed by atoms with Crippen LogP contribution in [0.1, 0.15) is 30.5 Å². The summed E-state index contributed by atoms with van der Waals surface area (Å²) >= 11 is 1.57. The number of aromatic nitrogens is 1. The zero-order valence-electron chi connectivity index (χ0n) is 11.1. The maximum absolute atomic E-state index is 11.5. The molecule has 3 N–H and O–H groups in total. The van der Waals surface area contributed by atoms with Crippen LogP contribution in [0.5, 0.6) is 0 Å². The van der Waals surface area contributed by atoms with Crippen LogP contribution in [-0.4, -0.2) is 34.7 Å². The van der Waals surface area contributed by atoms with Gasteiger partial charge >= 0.3 is 12.0 Å². The Bertz CT molecular complexity index is 434. The molecule has 0 saturated heterocycles. The number of rotatable bonds is 7. The predicted molar refractivity (Wildman–Crippen MR) is 73.4 cm³/mol. The van der Waals surface area contributed by atoms with Crippen molar-refractivity contribution in [2.75, 3.05) is 6.54 Å². The third-order valence-corrected chi connectivity index (χ3v) is 3.34. The van der Waals surface area contributed by atoms with Gasteiger partial charge in [0.2, 0.25) is 0 Å². The van der Waals surface area contributed by atoms with Crippen LogP contribution in [0.15, 0.2) is 5.38 Å². The fraction of sp³-hybridized carbons (Fsp3) is 0.583. The van der Waals surface area contributed by atoms with Crippen LogP contribution in [0.2, 0.25) is 0 Å². The zero-order valence-corrected chi connectivity index (χ0v) is 11.9. The van der Waals surface area contributed by atoms with E-state index >= 15 is 0 Å². The molecule has 0 spiro atoms. The minimum Gasteiger partial charge on any atom is -0.480 e. The van der Waals surface area contributed by atoms with E-state index in [9.17, 15) is 9.59 Å². The molecule has 0 radical (unpaired) electrons. The molecule has 0 aromatic carbocycles. The summed E-state index contributed by atoms with van der Waals surface area (Å²) < 4.78 is 0. The number of carboxylic acids is 1. The quantitative estimate of drug-likeness (QED) is 0.708. The number of aryl methyl sites for hydroxylation is 1. The second kappa shape index (κ2) is 7.73. The average molecular weight is 285 g/mol. The van der Waals surface area contributed by atoms with Crippen molar-refractivity contribution >= 4 is 23.3 Å². The highest BCUT2D eigenvalue weighted by atomic mass is 32.1. The van der Waals surface area contributed by atoms with Gasteiger partial charge in [0.05, 0.1) is 10.7 Å². The highest BCUT2D eigenvalue weighted by molar-refractivity contribution is 7.09. The van der Waals surface area contributed by atoms with E-state index in [0.29, 0.717) is 25.8 Å². The molecule has 0 aliphatic heterocycles. The molecule has 0 fully saturated rings. The molecule has 0 bridgehead atoms. The molecular weight excluding hydrogens is 266 g/mol. The standard InChI is InChI=1S/C12H19N3O3S/c1-3-4-10(11(16)17)15-12(18)13-6-5-9-7-19-8(2)14-9/h7,10H,3-6H2,1-2H3,(H,16,17)(H2,13,15,18). The van der Waals surface area contributed by atoms with Gasteiger partial charge in [0.1, 0.15) is 6.04 Å². The Balaban J connectivity index is 2.28. The lowest BCUT2D eigenvalue weighted by molar-refractivity contribution is -0.139. The number of hydrogen-bond donors (Lipinski definition) is 3. The van der Waals surface area contributed by atoms with E-state index in [1.807, 2.05) is 19.2 Å². The topological polar surface area (TPSA) is 91.3 Å². The van der Waals surface area contributed by atoms with E-state index < -0.39 is 18.0 Å². The van der Waals surface area contributed by atoms with E-state index in [1.54, 1.807) is 11.3 Å².